The van der Waals surface area contributed by atoms with E-state index in [1.54, 1.807) is 6.20 Å². The summed E-state index contributed by atoms with van der Waals surface area (Å²) in [7, 11) is 1.82. The number of carbonyl (C=O) groups excluding carboxylic acids is 1. The quantitative estimate of drug-likeness (QED) is 0.839. The molecule has 1 aromatic heterocycles. The smallest absolute Gasteiger partial charge is 0.255 e. The van der Waals surface area contributed by atoms with Gasteiger partial charge in [0.2, 0.25) is 0 Å². The molecule has 1 aromatic rings. The van der Waals surface area contributed by atoms with E-state index >= 15 is 0 Å². The minimum atomic E-state index is 0.110. The molecule has 1 N–H and O–H groups in total. The van der Waals surface area contributed by atoms with Crippen molar-refractivity contribution in [3.8, 4) is 0 Å². The number of rotatable bonds is 6. The Hall–Kier alpha value is -1.58. The molecule has 4 heteroatoms. The number of hydrogen-bond donors (Lipinski definition) is 1. The van der Waals surface area contributed by atoms with Crippen molar-refractivity contribution in [2.45, 2.75) is 26.2 Å². The van der Waals surface area contributed by atoms with Gasteiger partial charge in [-0.15, -0.1) is 0 Å². The van der Waals surface area contributed by atoms with Crippen molar-refractivity contribution >= 4 is 11.7 Å². The number of carbonyl (C=O) groups is 1. The number of nitrogens with zero attached hydrogens (tertiary/aromatic N) is 2. The third kappa shape index (κ3) is 3.22. The van der Waals surface area contributed by atoms with Crippen LogP contribution in [0.5, 0.6) is 0 Å². The highest BCUT2D eigenvalue weighted by Gasteiger charge is 2.26. The van der Waals surface area contributed by atoms with E-state index in [0.717, 1.165) is 31.2 Å². The molecule has 0 bridgehead atoms. The van der Waals surface area contributed by atoms with Gasteiger partial charge in [0.15, 0.2) is 0 Å². The molecule has 0 atom stereocenters. The third-order valence-corrected chi connectivity index (χ3v) is 3.22. The van der Waals surface area contributed by atoms with Crippen molar-refractivity contribution in [1.29, 1.82) is 0 Å². The maximum atomic E-state index is 12.4. The zero-order chi connectivity index (χ0) is 13.0. The minimum absolute atomic E-state index is 0.110. The van der Waals surface area contributed by atoms with Crippen LogP contribution in [0, 0.1) is 5.92 Å². The van der Waals surface area contributed by atoms with E-state index in [0.29, 0.717) is 5.56 Å². The molecule has 0 spiro atoms. The molecular formula is C14H21N3O. The van der Waals surface area contributed by atoms with Gasteiger partial charge in [0.1, 0.15) is 5.82 Å². The van der Waals surface area contributed by atoms with E-state index < -0.39 is 0 Å². The Kier molecular flexibility index (Phi) is 4.18. The number of nitrogens with one attached hydrogen (secondary N) is 1. The normalized spacial score (nSPS) is 14.3. The summed E-state index contributed by atoms with van der Waals surface area (Å²) in [6, 6.07) is 3.69. The van der Waals surface area contributed by atoms with Crippen molar-refractivity contribution in [1.82, 2.24) is 9.88 Å². The van der Waals surface area contributed by atoms with Gasteiger partial charge in [-0.1, -0.05) is 6.92 Å². The molecule has 0 aromatic carbocycles. The molecule has 1 aliphatic rings. The molecule has 1 heterocycles. The van der Waals surface area contributed by atoms with Crippen LogP contribution in [0.15, 0.2) is 18.3 Å². The van der Waals surface area contributed by atoms with E-state index in [9.17, 15) is 4.79 Å². The molecule has 0 unspecified atom stereocenters. The predicted molar refractivity (Wildman–Crippen MR) is 72.7 cm³/mol. The first kappa shape index (κ1) is 12.9. The van der Waals surface area contributed by atoms with E-state index in [4.69, 9.17) is 0 Å². The van der Waals surface area contributed by atoms with Crippen LogP contribution >= 0.6 is 0 Å². The van der Waals surface area contributed by atoms with Gasteiger partial charge in [0.25, 0.3) is 5.91 Å². The van der Waals surface area contributed by atoms with Gasteiger partial charge in [-0.3, -0.25) is 4.79 Å². The highest BCUT2D eigenvalue weighted by molar-refractivity contribution is 5.94. The molecule has 18 heavy (non-hydrogen) atoms. The SMILES string of the molecule is CCCN(CC1CC1)C(=O)c1ccc(NC)nc1. The molecule has 98 valence electrons. The highest BCUT2D eigenvalue weighted by atomic mass is 16.2. The Bertz CT molecular complexity index is 398. The Balaban J connectivity index is 2.05. The number of anilines is 1. The first-order valence-electron chi connectivity index (χ1n) is 6.67. The lowest BCUT2D eigenvalue weighted by Crippen LogP contribution is -2.33. The standard InChI is InChI=1S/C14H21N3O/c1-3-8-17(10-11-4-5-11)14(18)12-6-7-13(15-2)16-9-12/h6-7,9,11H,3-5,8,10H2,1-2H3,(H,15,16). The summed E-state index contributed by atoms with van der Waals surface area (Å²) < 4.78 is 0. The fraction of sp³-hybridized carbons (Fsp3) is 0.571. The van der Waals surface area contributed by atoms with Crippen molar-refractivity contribution in [2.75, 3.05) is 25.5 Å². The molecular weight excluding hydrogens is 226 g/mol. The molecule has 1 saturated carbocycles. The molecule has 1 fully saturated rings. The van der Waals surface area contributed by atoms with Crippen molar-refractivity contribution in [3.05, 3.63) is 23.9 Å². The van der Waals surface area contributed by atoms with Crippen LogP contribution in [-0.4, -0.2) is 35.9 Å². The average Bonchev–Trinajstić information content (AvgIpc) is 3.21. The number of amides is 1. The summed E-state index contributed by atoms with van der Waals surface area (Å²) in [5.41, 5.74) is 0.683. The van der Waals surface area contributed by atoms with Gasteiger partial charge in [0.05, 0.1) is 5.56 Å². The zero-order valence-corrected chi connectivity index (χ0v) is 11.1. The monoisotopic (exact) mass is 247 g/mol. The van der Waals surface area contributed by atoms with Crippen LogP contribution in [0.3, 0.4) is 0 Å². The van der Waals surface area contributed by atoms with Gasteiger partial charge < -0.3 is 10.2 Å². The summed E-state index contributed by atoms with van der Waals surface area (Å²) >= 11 is 0. The first-order valence-corrected chi connectivity index (χ1v) is 6.67. The van der Waals surface area contributed by atoms with Gasteiger partial charge in [-0.05, 0) is 37.3 Å². The summed E-state index contributed by atoms with van der Waals surface area (Å²) in [4.78, 5) is 18.5. The maximum Gasteiger partial charge on any atom is 0.255 e. The van der Waals surface area contributed by atoms with E-state index in [-0.39, 0.29) is 5.91 Å². The summed E-state index contributed by atoms with van der Waals surface area (Å²) in [5, 5.41) is 2.95. The van der Waals surface area contributed by atoms with Crippen LogP contribution in [0.1, 0.15) is 36.5 Å². The lowest BCUT2D eigenvalue weighted by atomic mass is 10.2. The first-order chi connectivity index (χ1) is 8.74. The molecule has 4 nitrogen and oxygen atoms in total. The Morgan fingerprint density at radius 1 is 1.50 bits per heavy atom. The van der Waals surface area contributed by atoms with Crippen molar-refractivity contribution in [2.24, 2.45) is 5.92 Å². The van der Waals surface area contributed by atoms with Gasteiger partial charge in [-0.25, -0.2) is 4.98 Å². The van der Waals surface area contributed by atoms with Crippen LogP contribution in [-0.2, 0) is 0 Å². The topological polar surface area (TPSA) is 45.2 Å². The van der Waals surface area contributed by atoms with Crippen LogP contribution in [0.25, 0.3) is 0 Å². The second-order valence-electron chi connectivity index (χ2n) is 4.88. The molecule has 0 saturated heterocycles. The highest BCUT2D eigenvalue weighted by Crippen LogP contribution is 2.30. The Labute approximate surface area is 108 Å². The molecule has 2 rings (SSSR count). The molecule has 0 radical (unpaired) electrons. The number of pyridine rings is 1. The average molecular weight is 247 g/mol. The van der Waals surface area contributed by atoms with Crippen LogP contribution < -0.4 is 5.32 Å². The van der Waals surface area contributed by atoms with Gasteiger partial charge >= 0.3 is 0 Å². The molecule has 0 aliphatic heterocycles. The second-order valence-corrected chi connectivity index (χ2v) is 4.88. The lowest BCUT2D eigenvalue weighted by molar-refractivity contribution is 0.0747. The van der Waals surface area contributed by atoms with E-state index in [2.05, 4.69) is 17.2 Å². The number of aromatic nitrogens is 1. The zero-order valence-electron chi connectivity index (χ0n) is 11.1. The minimum Gasteiger partial charge on any atom is -0.373 e. The lowest BCUT2D eigenvalue weighted by Gasteiger charge is -2.22. The fourth-order valence-corrected chi connectivity index (χ4v) is 2.01. The fourth-order valence-electron chi connectivity index (χ4n) is 2.01. The summed E-state index contributed by atoms with van der Waals surface area (Å²) in [6.45, 7) is 3.85. The summed E-state index contributed by atoms with van der Waals surface area (Å²) in [5.74, 6) is 1.62. The molecule has 1 amide bonds. The third-order valence-electron chi connectivity index (χ3n) is 3.22. The molecule has 1 aliphatic carbocycles. The van der Waals surface area contributed by atoms with E-state index in [1.165, 1.54) is 12.8 Å². The Morgan fingerprint density at radius 2 is 2.28 bits per heavy atom. The van der Waals surface area contributed by atoms with Crippen molar-refractivity contribution in [3.63, 3.8) is 0 Å². The maximum absolute atomic E-state index is 12.4. The summed E-state index contributed by atoms with van der Waals surface area (Å²) in [6.07, 6.45) is 5.19. The van der Waals surface area contributed by atoms with Crippen LogP contribution in [0.2, 0.25) is 0 Å². The largest absolute Gasteiger partial charge is 0.373 e. The predicted octanol–water partition coefficient (Wildman–Crippen LogP) is 2.39. The van der Waals surface area contributed by atoms with Gasteiger partial charge in [0, 0.05) is 26.3 Å². The number of hydrogen-bond acceptors (Lipinski definition) is 3. The van der Waals surface area contributed by atoms with E-state index in [1.807, 2.05) is 24.1 Å². The second kappa shape index (κ2) is 5.85. The van der Waals surface area contributed by atoms with Crippen LogP contribution in [0.4, 0.5) is 5.82 Å². The Morgan fingerprint density at radius 3 is 2.78 bits per heavy atom. The van der Waals surface area contributed by atoms with Crippen molar-refractivity contribution < 1.29 is 4.79 Å². The van der Waals surface area contributed by atoms with Gasteiger partial charge in [-0.2, -0.15) is 0 Å².